The summed E-state index contributed by atoms with van der Waals surface area (Å²) >= 11 is 0. The summed E-state index contributed by atoms with van der Waals surface area (Å²) in [7, 11) is 0. The topological polar surface area (TPSA) is 38.7 Å². The van der Waals surface area contributed by atoms with E-state index in [9.17, 15) is 0 Å². The predicted octanol–water partition coefficient (Wildman–Crippen LogP) is 7.80. The zero-order valence-corrected chi connectivity index (χ0v) is 20.5. The molecule has 35 heavy (non-hydrogen) atoms. The van der Waals surface area contributed by atoms with Crippen molar-refractivity contribution in [2.24, 2.45) is 0 Å². The van der Waals surface area contributed by atoms with Crippen molar-refractivity contribution in [3.63, 3.8) is 0 Å². The van der Waals surface area contributed by atoms with Gasteiger partial charge < -0.3 is 0 Å². The summed E-state index contributed by atoms with van der Waals surface area (Å²) in [6, 6.07) is 30.2. The number of fused-ring (bicyclic) bond motifs is 3. The third-order valence-electron chi connectivity index (χ3n) is 7.33. The van der Waals surface area contributed by atoms with Crippen LogP contribution in [0.25, 0.3) is 45.0 Å². The molecule has 5 aromatic rings. The second kappa shape index (κ2) is 7.99. The van der Waals surface area contributed by atoms with Crippen molar-refractivity contribution < 1.29 is 0 Å². The number of hydrogen-bond acceptors (Lipinski definition) is 3. The summed E-state index contributed by atoms with van der Waals surface area (Å²) < 4.78 is 0. The Balaban J connectivity index is 1.38. The van der Waals surface area contributed by atoms with Crippen LogP contribution in [0.15, 0.2) is 91.3 Å². The lowest BCUT2D eigenvalue weighted by Crippen LogP contribution is -2.15. The van der Waals surface area contributed by atoms with Crippen molar-refractivity contribution in [2.45, 2.75) is 33.1 Å². The van der Waals surface area contributed by atoms with Crippen LogP contribution in [-0.4, -0.2) is 15.0 Å². The quantitative estimate of drug-likeness (QED) is 0.280. The Kier molecular flexibility index (Phi) is 4.89. The molecule has 3 heteroatoms. The summed E-state index contributed by atoms with van der Waals surface area (Å²) in [5, 5.41) is 0. The summed E-state index contributed by atoms with van der Waals surface area (Å²) in [5.41, 5.74) is 12.2. The van der Waals surface area contributed by atoms with Crippen LogP contribution in [0, 0.1) is 13.8 Å². The van der Waals surface area contributed by atoms with E-state index in [1.807, 2.05) is 0 Å². The molecular weight excluding hydrogens is 426 g/mol. The number of aryl methyl sites for hydroxylation is 2. The van der Waals surface area contributed by atoms with Crippen LogP contribution in [0.2, 0.25) is 0 Å². The Morgan fingerprint density at radius 2 is 1.11 bits per heavy atom. The Morgan fingerprint density at radius 3 is 1.83 bits per heavy atom. The SMILES string of the molecule is Cc1ccccc1-c1ccc(-c2ncnc(-c3ccc4c(c3)C(C)(C)c3ccccc3-4)n2)cc1C. The Hall–Kier alpha value is -4.11. The lowest BCUT2D eigenvalue weighted by Gasteiger charge is -2.21. The molecule has 0 fully saturated rings. The maximum Gasteiger partial charge on any atom is 0.163 e. The fraction of sp³-hybridized carbons (Fsp3) is 0.156. The third-order valence-corrected chi connectivity index (χ3v) is 7.33. The molecule has 170 valence electrons. The van der Waals surface area contributed by atoms with Crippen molar-refractivity contribution in [1.29, 1.82) is 0 Å². The maximum atomic E-state index is 4.87. The number of benzene rings is 4. The first-order valence-corrected chi connectivity index (χ1v) is 12.0. The van der Waals surface area contributed by atoms with Crippen LogP contribution in [0.4, 0.5) is 0 Å². The largest absolute Gasteiger partial charge is 0.217 e. The second-order valence-electron chi connectivity index (χ2n) is 9.91. The van der Waals surface area contributed by atoms with Gasteiger partial charge in [-0.15, -0.1) is 0 Å². The molecule has 0 N–H and O–H groups in total. The molecule has 1 aliphatic carbocycles. The summed E-state index contributed by atoms with van der Waals surface area (Å²) in [6.07, 6.45) is 1.62. The van der Waals surface area contributed by atoms with Crippen LogP contribution in [0.1, 0.15) is 36.1 Å². The number of aromatic nitrogens is 3. The molecule has 4 aromatic carbocycles. The molecule has 0 atom stereocenters. The average molecular weight is 454 g/mol. The number of hydrogen-bond donors (Lipinski definition) is 0. The molecule has 1 aromatic heterocycles. The summed E-state index contributed by atoms with van der Waals surface area (Å²) in [6.45, 7) is 8.88. The van der Waals surface area contributed by atoms with E-state index in [0.29, 0.717) is 11.6 Å². The lowest BCUT2D eigenvalue weighted by atomic mass is 9.82. The van der Waals surface area contributed by atoms with Crippen LogP contribution < -0.4 is 0 Å². The highest BCUT2D eigenvalue weighted by Crippen LogP contribution is 2.49. The van der Waals surface area contributed by atoms with Crippen LogP contribution >= 0.6 is 0 Å². The van der Waals surface area contributed by atoms with Gasteiger partial charge in [0.05, 0.1) is 0 Å². The molecule has 0 aliphatic heterocycles. The van der Waals surface area contributed by atoms with Gasteiger partial charge in [-0.25, -0.2) is 15.0 Å². The van der Waals surface area contributed by atoms with Gasteiger partial charge in [-0.1, -0.05) is 86.6 Å². The Morgan fingerprint density at radius 1 is 0.543 bits per heavy atom. The first-order valence-electron chi connectivity index (χ1n) is 12.0. The minimum absolute atomic E-state index is 0.0552. The molecule has 0 saturated heterocycles. The summed E-state index contributed by atoms with van der Waals surface area (Å²) in [5.74, 6) is 1.39. The van der Waals surface area contributed by atoms with Crippen molar-refractivity contribution >= 4 is 0 Å². The molecule has 1 heterocycles. The van der Waals surface area contributed by atoms with Gasteiger partial charge in [-0.05, 0) is 70.5 Å². The van der Waals surface area contributed by atoms with E-state index in [-0.39, 0.29) is 5.41 Å². The molecule has 3 nitrogen and oxygen atoms in total. The molecule has 0 amide bonds. The molecule has 0 saturated carbocycles. The smallest absolute Gasteiger partial charge is 0.163 e. The first-order chi connectivity index (χ1) is 16.9. The van der Waals surface area contributed by atoms with Gasteiger partial charge in [0.15, 0.2) is 11.6 Å². The van der Waals surface area contributed by atoms with Gasteiger partial charge in [0.25, 0.3) is 0 Å². The molecule has 0 bridgehead atoms. The van der Waals surface area contributed by atoms with E-state index in [1.54, 1.807) is 6.33 Å². The highest BCUT2D eigenvalue weighted by atomic mass is 15.0. The van der Waals surface area contributed by atoms with Gasteiger partial charge in [0.1, 0.15) is 6.33 Å². The summed E-state index contributed by atoms with van der Waals surface area (Å²) in [4.78, 5) is 13.9. The van der Waals surface area contributed by atoms with Gasteiger partial charge in [-0.3, -0.25) is 0 Å². The van der Waals surface area contributed by atoms with Crippen LogP contribution in [0.5, 0.6) is 0 Å². The normalized spacial score (nSPS) is 13.4. The molecule has 6 rings (SSSR count). The van der Waals surface area contributed by atoms with Crippen molar-refractivity contribution in [1.82, 2.24) is 15.0 Å². The van der Waals surface area contributed by atoms with E-state index < -0.39 is 0 Å². The first kappa shape index (κ1) is 21.4. The van der Waals surface area contributed by atoms with Gasteiger partial charge >= 0.3 is 0 Å². The average Bonchev–Trinajstić information content (AvgIpc) is 3.11. The molecule has 0 unspecified atom stereocenters. The fourth-order valence-electron chi connectivity index (χ4n) is 5.40. The minimum Gasteiger partial charge on any atom is -0.217 e. The van der Waals surface area contributed by atoms with E-state index >= 15 is 0 Å². The van der Waals surface area contributed by atoms with Gasteiger partial charge in [0, 0.05) is 16.5 Å². The molecular formula is C32H27N3. The second-order valence-corrected chi connectivity index (χ2v) is 9.91. The van der Waals surface area contributed by atoms with E-state index in [4.69, 9.17) is 4.98 Å². The molecule has 1 aliphatic rings. The fourth-order valence-corrected chi connectivity index (χ4v) is 5.40. The Labute approximate surface area is 206 Å². The third kappa shape index (κ3) is 3.47. The minimum atomic E-state index is -0.0552. The number of nitrogens with zero attached hydrogens (tertiary/aromatic N) is 3. The number of rotatable bonds is 3. The standard InChI is InChI=1S/C32H27N3/c1-20-9-5-6-10-24(20)25-15-13-22(17-21(25)2)30-33-19-34-31(35-30)23-14-16-27-26-11-7-8-12-28(26)32(3,4)29(27)18-23/h5-19H,1-4H3. The highest BCUT2D eigenvalue weighted by Gasteiger charge is 2.35. The zero-order chi connectivity index (χ0) is 24.2. The van der Waals surface area contributed by atoms with Crippen LogP contribution in [-0.2, 0) is 5.41 Å². The van der Waals surface area contributed by atoms with Crippen LogP contribution in [0.3, 0.4) is 0 Å². The highest BCUT2D eigenvalue weighted by molar-refractivity contribution is 5.83. The van der Waals surface area contributed by atoms with Gasteiger partial charge in [0.2, 0.25) is 0 Å². The monoisotopic (exact) mass is 453 g/mol. The van der Waals surface area contributed by atoms with Crippen molar-refractivity contribution in [3.8, 4) is 45.0 Å². The predicted molar refractivity (Wildman–Crippen MR) is 143 cm³/mol. The Bertz CT molecular complexity index is 1600. The van der Waals surface area contributed by atoms with Crippen molar-refractivity contribution in [2.75, 3.05) is 0 Å². The van der Waals surface area contributed by atoms with Crippen molar-refractivity contribution in [3.05, 3.63) is 114 Å². The van der Waals surface area contributed by atoms with E-state index in [0.717, 1.165) is 11.1 Å². The van der Waals surface area contributed by atoms with E-state index in [2.05, 4.69) is 123 Å². The maximum absolute atomic E-state index is 4.87. The molecule has 0 spiro atoms. The van der Waals surface area contributed by atoms with E-state index in [1.165, 1.54) is 44.5 Å². The molecule has 0 radical (unpaired) electrons. The van der Waals surface area contributed by atoms with Gasteiger partial charge in [-0.2, -0.15) is 0 Å². The lowest BCUT2D eigenvalue weighted by molar-refractivity contribution is 0.660. The zero-order valence-electron chi connectivity index (χ0n) is 20.5.